The van der Waals surface area contributed by atoms with E-state index in [0.29, 0.717) is 16.9 Å². The average molecular weight is 645 g/mol. The third kappa shape index (κ3) is 7.38. The van der Waals surface area contributed by atoms with Crippen molar-refractivity contribution < 1.29 is 51.0 Å². The Balaban J connectivity index is 1.31. The molecule has 41 heavy (non-hydrogen) atoms. The Hall–Kier alpha value is -4.05. The number of hydrogen-bond donors (Lipinski definition) is 2. The molecule has 2 N–H and O–H groups in total. The number of pyridine rings is 1. The van der Waals surface area contributed by atoms with Gasteiger partial charge < -0.3 is 24.5 Å². The molecular formula is C25H21BrF4N4O7. The van der Waals surface area contributed by atoms with Crippen LogP contribution in [-0.2, 0) is 25.7 Å². The first-order valence-electron chi connectivity index (χ1n) is 11.9. The Kier molecular flexibility index (Phi) is 9.22. The highest BCUT2D eigenvalue weighted by atomic mass is 79.9. The molecule has 0 bridgehead atoms. The van der Waals surface area contributed by atoms with Gasteiger partial charge in [-0.15, -0.1) is 0 Å². The van der Waals surface area contributed by atoms with Gasteiger partial charge in [-0.05, 0) is 22.0 Å². The minimum Gasteiger partial charge on any atom is -0.481 e. The quantitative estimate of drug-likeness (QED) is 0.238. The number of ether oxygens (including phenoxy) is 1. The lowest BCUT2D eigenvalue weighted by Crippen LogP contribution is -2.54. The van der Waals surface area contributed by atoms with Crippen molar-refractivity contribution in [1.82, 2.24) is 20.1 Å². The summed E-state index contributed by atoms with van der Waals surface area (Å²) in [6, 6.07) is 1.72. The molecule has 1 aromatic carbocycles. The van der Waals surface area contributed by atoms with Crippen molar-refractivity contribution in [2.75, 3.05) is 32.8 Å². The van der Waals surface area contributed by atoms with Gasteiger partial charge in [0.2, 0.25) is 23.4 Å². The van der Waals surface area contributed by atoms with Gasteiger partial charge in [0.05, 0.1) is 26.1 Å². The SMILES string of the molecule is O=C(O)CC(NC(=O)CN1CCN(Cc2cc3ncc(Br)cc3o2)C(=O)C1)C(=O)COc1c(F)c(F)cc(F)c1F. The number of rotatable bonds is 11. The molecule has 218 valence electrons. The Bertz CT molecular complexity index is 1490. The van der Waals surface area contributed by atoms with Crippen LogP contribution in [0, 0.1) is 23.3 Å². The monoisotopic (exact) mass is 644 g/mol. The van der Waals surface area contributed by atoms with Crippen LogP contribution in [0.1, 0.15) is 12.2 Å². The van der Waals surface area contributed by atoms with E-state index >= 15 is 0 Å². The van der Waals surface area contributed by atoms with Crippen LogP contribution in [0.4, 0.5) is 17.6 Å². The lowest BCUT2D eigenvalue weighted by molar-refractivity contribution is -0.140. The molecule has 3 heterocycles. The Morgan fingerprint density at radius 1 is 1.12 bits per heavy atom. The molecule has 2 aromatic heterocycles. The fourth-order valence-corrected chi connectivity index (χ4v) is 4.37. The van der Waals surface area contributed by atoms with Crippen molar-refractivity contribution in [3.63, 3.8) is 0 Å². The topological polar surface area (TPSA) is 142 Å². The number of aliphatic carboxylic acids is 1. The summed E-state index contributed by atoms with van der Waals surface area (Å²) >= 11 is 3.31. The van der Waals surface area contributed by atoms with Gasteiger partial charge in [0, 0.05) is 35.9 Å². The molecule has 2 amide bonds. The molecule has 3 aromatic rings. The summed E-state index contributed by atoms with van der Waals surface area (Å²) in [4.78, 5) is 56.2. The summed E-state index contributed by atoms with van der Waals surface area (Å²) in [5, 5.41) is 11.3. The van der Waals surface area contributed by atoms with E-state index in [2.05, 4.69) is 31.0 Å². The minimum atomic E-state index is -1.88. The van der Waals surface area contributed by atoms with Gasteiger partial charge in [-0.2, -0.15) is 8.78 Å². The fourth-order valence-electron chi connectivity index (χ4n) is 4.05. The highest BCUT2D eigenvalue weighted by molar-refractivity contribution is 9.10. The van der Waals surface area contributed by atoms with E-state index in [-0.39, 0.29) is 44.7 Å². The van der Waals surface area contributed by atoms with Crippen molar-refractivity contribution in [3.05, 3.63) is 57.9 Å². The molecule has 4 rings (SSSR count). The van der Waals surface area contributed by atoms with Crippen LogP contribution in [0.25, 0.3) is 11.1 Å². The van der Waals surface area contributed by atoms with Crippen molar-refractivity contribution in [2.45, 2.75) is 19.0 Å². The van der Waals surface area contributed by atoms with Crippen LogP contribution in [0.5, 0.6) is 5.75 Å². The number of aromatic nitrogens is 1. The number of carbonyl (C=O) groups is 4. The molecule has 0 aliphatic carbocycles. The zero-order chi connectivity index (χ0) is 29.8. The average Bonchev–Trinajstić information content (AvgIpc) is 3.29. The maximum Gasteiger partial charge on any atom is 0.305 e. The molecule has 1 saturated heterocycles. The predicted octanol–water partition coefficient (Wildman–Crippen LogP) is 2.40. The molecule has 1 atom stereocenters. The summed E-state index contributed by atoms with van der Waals surface area (Å²) in [7, 11) is 0. The molecule has 1 aliphatic heterocycles. The highest BCUT2D eigenvalue weighted by Gasteiger charge is 2.30. The normalized spacial score (nSPS) is 14.8. The van der Waals surface area contributed by atoms with Crippen LogP contribution in [0.3, 0.4) is 0 Å². The second-order valence-corrected chi connectivity index (χ2v) is 9.96. The largest absolute Gasteiger partial charge is 0.481 e. The lowest BCUT2D eigenvalue weighted by Gasteiger charge is -2.33. The number of carboxylic acids is 1. The molecule has 1 unspecified atom stereocenters. The number of furan rings is 1. The number of fused-ring (bicyclic) bond motifs is 1. The summed E-state index contributed by atoms with van der Waals surface area (Å²) < 4.78 is 65.4. The number of benzene rings is 1. The fraction of sp³-hybridized carbons (Fsp3) is 0.320. The van der Waals surface area contributed by atoms with Crippen molar-refractivity contribution in [2.24, 2.45) is 0 Å². The minimum absolute atomic E-state index is 0.0487. The third-order valence-corrected chi connectivity index (χ3v) is 6.47. The summed E-state index contributed by atoms with van der Waals surface area (Å²) in [5.41, 5.74) is 1.17. The van der Waals surface area contributed by atoms with E-state index in [0.717, 1.165) is 4.47 Å². The predicted molar refractivity (Wildman–Crippen MR) is 135 cm³/mol. The summed E-state index contributed by atoms with van der Waals surface area (Å²) in [5.74, 6) is -12.0. The van der Waals surface area contributed by atoms with Crippen LogP contribution in [0.2, 0.25) is 0 Å². The Morgan fingerprint density at radius 2 is 1.83 bits per heavy atom. The number of nitrogens with zero attached hydrogens (tertiary/aromatic N) is 3. The van der Waals surface area contributed by atoms with Gasteiger partial charge in [-0.3, -0.25) is 29.1 Å². The third-order valence-electron chi connectivity index (χ3n) is 6.03. The number of carboxylic acid groups (broad SMARTS) is 1. The number of amides is 2. The van der Waals surface area contributed by atoms with Crippen LogP contribution in [0.15, 0.2) is 33.3 Å². The number of ketones is 1. The first-order chi connectivity index (χ1) is 19.4. The van der Waals surface area contributed by atoms with Gasteiger partial charge in [-0.25, -0.2) is 8.78 Å². The molecule has 1 fully saturated rings. The second-order valence-electron chi connectivity index (χ2n) is 9.05. The number of halogens is 5. The van der Waals surface area contributed by atoms with Gasteiger partial charge in [-0.1, -0.05) is 0 Å². The van der Waals surface area contributed by atoms with E-state index in [9.17, 15) is 36.7 Å². The molecule has 11 nitrogen and oxygen atoms in total. The molecule has 0 radical (unpaired) electrons. The highest BCUT2D eigenvalue weighted by Crippen LogP contribution is 2.26. The first-order valence-corrected chi connectivity index (χ1v) is 12.7. The Labute approximate surface area is 237 Å². The van der Waals surface area contributed by atoms with Gasteiger partial charge >= 0.3 is 5.97 Å². The number of carbonyl (C=O) groups excluding carboxylic acids is 3. The summed E-state index contributed by atoms with van der Waals surface area (Å²) in [6.07, 6.45) is 0.704. The van der Waals surface area contributed by atoms with Gasteiger partial charge in [0.25, 0.3) is 0 Å². The van der Waals surface area contributed by atoms with E-state index in [1.807, 2.05) is 0 Å². The summed E-state index contributed by atoms with van der Waals surface area (Å²) in [6.45, 7) is -1.02. The van der Waals surface area contributed by atoms with Crippen LogP contribution < -0.4 is 10.1 Å². The first kappa shape index (κ1) is 29.9. The van der Waals surface area contributed by atoms with Crippen molar-refractivity contribution in [3.8, 4) is 5.75 Å². The van der Waals surface area contributed by atoms with E-state index in [1.54, 1.807) is 18.3 Å². The van der Waals surface area contributed by atoms with Crippen molar-refractivity contribution in [1.29, 1.82) is 0 Å². The number of nitrogens with one attached hydrogen (secondary N) is 1. The molecule has 1 aliphatic rings. The number of Topliss-reactive ketones (excluding diaryl/α,β-unsaturated/α-hetero) is 1. The van der Waals surface area contributed by atoms with Crippen LogP contribution in [-0.4, -0.2) is 82.3 Å². The maximum atomic E-state index is 13.8. The maximum absolute atomic E-state index is 13.8. The van der Waals surface area contributed by atoms with E-state index < -0.39 is 65.7 Å². The molecule has 0 saturated carbocycles. The number of hydrogen-bond acceptors (Lipinski definition) is 8. The van der Waals surface area contributed by atoms with E-state index in [1.165, 1.54) is 9.80 Å². The van der Waals surface area contributed by atoms with Crippen LogP contribution >= 0.6 is 15.9 Å². The molecule has 0 spiro atoms. The molecule has 16 heteroatoms. The standard InChI is InChI=1S/C25H21BrF4N4O7/c26-12-3-19-17(31-7-12)4-13(41-19)8-34-2-1-33(10-21(34)37)9-20(36)32-16(6-22(38)39)18(35)11-40-25-23(29)14(27)5-15(28)24(25)30/h3-5,7,16H,1-2,6,8-11H2,(H,32,36)(H,38,39). The molecular weight excluding hydrogens is 624 g/mol. The van der Waals surface area contributed by atoms with Crippen molar-refractivity contribution >= 4 is 50.6 Å². The van der Waals surface area contributed by atoms with E-state index in [4.69, 9.17) is 9.52 Å². The lowest BCUT2D eigenvalue weighted by atomic mass is 10.1. The number of piperazine rings is 1. The zero-order valence-corrected chi connectivity index (χ0v) is 22.6. The van der Waals surface area contributed by atoms with Gasteiger partial charge in [0.1, 0.15) is 23.9 Å². The smallest absolute Gasteiger partial charge is 0.305 e. The Morgan fingerprint density at radius 3 is 2.49 bits per heavy atom. The zero-order valence-electron chi connectivity index (χ0n) is 21.0. The van der Waals surface area contributed by atoms with Gasteiger partial charge in [0.15, 0.2) is 28.8 Å². The second kappa shape index (κ2) is 12.6.